The van der Waals surface area contributed by atoms with Crippen molar-refractivity contribution >= 4 is 15.6 Å². The van der Waals surface area contributed by atoms with Gasteiger partial charge in [-0.15, -0.1) is 0 Å². The Bertz CT molecular complexity index is 778. The topological polar surface area (TPSA) is 75.0 Å². The second-order valence-electron chi connectivity index (χ2n) is 5.87. The van der Waals surface area contributed by atoms with E-state index in [1.165, 1.54) is 6.07 Å². The third kappa shape index (κ3) is 2.22. The molecule has 116 valence electrons. The van der Waals surface area contributed by atoms with Crippen LogP contribution < -0.4 is 0 Å². The highest BCUT2D eigenvalue weighted by molar-refractivity contribution is 7.93. The molecule has 0 amide bonds. The Kier molecular flexibility index (Phi) is 3.52. The van der Waals surface area contributed by atoms with Crippen molar-refractivity contribution in [3.63, 3.8) is 0 Å². The molecular weight excluding hydrogens is 312 g/mol. The predicted molar refractivity (Wildman–Crippen MR) is 73.9 cm³/mol. The Hall–Kier alpha value is -1.81. The van der Waals surface area contributed by atoms with Gasteiger partial charge in [0.25, 0.3) is 0 Å². The number of hydrogen-bond donors (Lipinski definition) is 0. The maximum absolute atomic E-state index is 13.9. The zero-order chi connectivity index (χ0) is 16.1. The number of nitriles is 1. The molecule has 2 saturated heterocycles. The zero-order valence-corrected chi connectivity index (χ0v) is 12.4. The van der Waals surface area contributed by atoms with Crippen molar-refractivity contribution in [3.8, 4) is 6.07 Å². The Labute approximate surface area is 126 Å². The van der Waals surface area contributed by atoms with Crippen LogP contribution in [-0.4, -0.2) is 24.7 Å². The number of halogens is 2. The monoisotopic (exact) mass is 325 g/mol. The Balaban J connectivity index is 1.91. The van der Waals surface area contributed by atoms with Crippen molar-refractivity contribution in [2.45, 2.75) is 36.2 Å². The van der Waals surface area contributed by atoms with Crippen LogP contribution in [0.2, 0.25) is 0 Å². The predicted octanol–water partition coefficient (Wildman–Crippen LogP) is 2.37. The molecule has 7 heteroatoms. The van der Waals surface area contributed by atoms with Crippen molar-refractivity contribution in [1.82, 2.24) is 0 Å². The molecule has 4 nitrogen and oxygen atoms in total. The summed E-state index contributed by atoms with van der Waals surface area (Å²) in [6.45, 7) is 0. The van der Waals surface area contributed by atoms with Crippen molar-refractivity contribution in [3.05, 3.63) is 34.9 Å². The van der Waals surface area contributed by atoms with Crippen LogP contribution in [-0.2, 0) is 9.84 Å². The number of sulfone groups is 1. The summed E-state index contributed by atoms with van der Waals surface area (Å²) in [6.07, 6.45) is 1.39. The number of hydrogen-bond acceptors (Lipinski definition) is 4. The second-order valence-corrected chi connectivity index (χ2v) is 8.38. The minimum atomic E-state index is -3.17. The lowest BCUT2D eigenvalue weighted by molar-refractivity contribution is 0.0900. The summed E-state index contributed by atoms with van der Waals surface area (Å²) in [5.41, 5.74) is -0.861. The van der Waals surface area contributed by atoms with Crippen LogP contribution in [0.1, 0.15) is 41.6 Å². The molecule has 0 spiro atoms. The van der Waals surface area contributed by atoms with E-state index < -0.39 is 54.8 Å². The van der Waals surface area contributed by atoms with Gasteiger partial charge in [-0.05, 0) is 37.8 Å². The minimum absolute atomic E-state index is 0.165. The van der Waals surface area contributed by atoms with Crippen LogP contribution in [0, 0.1) is 28.9 Å². The van der Waals surface area contributed by atoms with E-state index in [0.29, 0.717) is 18.9 Å². The first-order valence-electron chi connectivity index (χ1n) is 7.00. The SMILES string of the molecule is N#Cc1cc(F)c(C(=O)C2CC3CCC(C2)S3(=O)=O)cc1F. The molecule has 1 aromatic carbocycles. The first-order valence-corrected chi connectivity index (χ1v) is 8.61. The van der Waals surface area contributed by atoms with Crippen molar-refractivity contribution in [1.29, 1.82) is 5.26 Å². The molecule has 2 unspecified atom stereocenters. The molecular formula is C15H13F2NO3S. The molecule has 0 N–H and O–H groups in total. The first kappa shape index (κ1) is 15.1. The highest BCUT2D eigenvalue weighted by Gasteiger charge is 2.48. The molecule has 2 fully saturated rings. The number of carbonyl (C=O) groups excluding carboxylic acids is 1. The Morgan fingerprint density at radius 2 is 1.73 bits per heavy atom. The van der Waals surface area contributed by atoms with Crippen molar-refractivity contribution in [2.75, 3.05) is 0 Å². The fourth-order valence-electron chi connectivity index (χ4n) is 3.46. The molecule has 3 rings (SSSR count). The molecule has 0 saturated carbocycles. The number of rotatable bonds is 2. The Morgan fingerprint density at radius 3 is 2.27 bits per heavy atom. The number of carbonyl (C=O) groups is 1. The summed E-state index contributed by atoms with van der Waals surface area (Å²) >= 11 is 0. The standard InChI is InChI=1S/C15H13F2NO3S/c16-13-6-12(14(17)5-9(13)7-18)15(19)8-3-10-1-2-11(4-8)22(10,20)21/h5-6,8,10-11H,1-4H2. The molecule has 0 radical (unpaired) electrons. The molecule has 22 heavy (non-hydrogen) atoms. The normalized spacial score (nSPS) is 29.0. The summed E-state index contributed by atoms with van der Waals surface area (Å²) in [4.78, 5) is 12.4. The zero-order valence-electron chi connectivity index (χ0n) is 11.6. The van der Waals surface area contributed by atoms with Crippen LogP contribution in [0.15, 0.2) is 12.1 Å². The summed E-state index contributed by atoms with van der Waals surface area (Å²) < 4.78 is 51.5. The lowest BCUT2D eigenvalue weighted by Gasteiger charge is -2.27. The lowest BCUT2D eigenvalue weighted by atomic mass is 9.89. The summed E-state index contributed by atoms with van der Waals surface area (Å²) in [5, 5.41) is 7.55. The van der Waals surface area contributed by atoms with Crippen LogP contribution in [0.3, 0.4) is 0 Å². The minimum Gasteiger partial charge on any atom is -0.294 e. The van der Waals surface area contributed by atoms with E-state index in [1.807, 2.05) is 0 Å². The fourth-order valence-corrected chi connectivity index (χ4v) is 5.94. The largest absolute Gasteiger partial charge is 0.294 e. The highest BCUT2D eigenvalue weighted by Crippen LogP contribution is 2.42. The molecule has 0 aromatic heterocycles. The van der Waals surface area contributed by atoms with Crippen molar-refractivity contribution < 1.29 is 22.0 Å². The third-order valence-corrected chi connectivity index (χ3v) is 7.36. The fraction of sp³-hybridized carbons (Fsp3) is 0.467. The van der Waals surface area contributed by atoms with Gasteiger partial charge in [0, 0.05) is 5.92 Å². The molecule has 2 heterocycles. The van der Waals surface area contributed by atoms with Gasteiger partial charge in [0.05, 0.1) is 21.6 Å². The van der Waals surface area contributed by atoms with E-state index in [1.54, 1.807) is 0 Å². The van der Waals surface area contributed by atoms with Gasteiger partial charge in [-0.3, -0.25) is 4.79 Å². The Morgan fingerprint density at radius 1 is 1.14 bits per heavy atom. The smallest absolute Gasteiger partial charge is 0.169 e. The van der Waals surface area contributed by atoms with E-state index in [9.17, 15) is 22.0 Å². The second kappa shape index (κ2) is 5.13. The molecule has 2 atom stereocenters. The maximum Gasteiger partial charge on any atom is 0.169 e. The van der Waals surface area contributed by atoms with Crippen molar-refractivity contribution in [2.24, 2.45) is 5.92 Å². The summed E-state index contributed by atoms with van der Waals surface area (Å²) in [7, 11) is -3.17. The molecule has 2 aliphatic heterocycles. The van der Waals surface area contributed by atoms with Gasteiger partial charge in [0.1, 0.15) is 17.7 Å². The lowest BCUT2D eigenvalue weighted by Crippen LogP contribution is -2.36. The molecule has 2 bridgehead atoms. The van der Waals surface area contributed by atoms with E-state index in [2.05, 4.69) is 0 Å². The van der Waals surface area contributed by atoms with Crippen LogP contribution in [0.5, 0.6) is 0 Å². The molecule has 1 aromatic rings. The van der Waals surface area contributed by atoms with E-state index in [-0.39, 0.29) is 12.8 Å². The van der Waals surface area contributed by atoms with E-state index >= 15 is 0 Å². The van der Waals surface area contributed by atoms with Crippen LogP contribution >= 0.6 is 0 Å². The number of Topliss-reactive ketones (excluding diaryl/α,β-unsaturated/α-hetero) is 1. The number of ketones is 1. The van der Waals surface area contributed by atoms with Gasteiger partial charge in [-0.1, -0.05) is 0 Å². The summed E-state index contributed by atoms with van der Waals surface area (Å²) in [5.74, 6) is -3.07. The van der Waals surface area contributed by atoms with Gasteiger partial charge in [-0.25, -0.2) is 17.2 Å². The number of benzene rings is 1. The highest BCUT2D eigenvalue weighted by atomic mass is 32.2. The van der Waals surface area contributed by atoms with E-state index in [4.69, 9.17) is 5.26 Å². The van der Waals surface area contributed by atoms with Crippen LogP contribution in [0.4, 0.5) is 8.78 Å². The van der Waals surface area contributed by atoms with Gasteiger partial charge < -0.3 is 0 Å². The third-order valence-electron chi connectivity index (χ3n) is 4.65. The summed E-state index contributed by atoms with van der Waals surface area (Å²) in [6, 6.07) is 2.95. The van der Waals surface area contributed by atoms with Gasteiger partial charge >= 0.3 is 0 Å². The van der Waals surface area contributed by atoms with Gasteiger partial charge in [0.2, 0.25) is 0 Å². The van der Waals surface area contributed by atoms with Gasteiger partial charge in [-0.2, -0.15) is 5.26 Å². The first-order chi connectivity index (χ1) is 10.3. The average Bonchev–Trinajstić information content (AvgIpc) is 2.68. The average molecular weight is 325 g/mol. The number of nitrogens with zero attached hydrogens (tertiary/aromatic N) is 1. The van der Waals surface area contributed by atoms with E-state index in [0.717, 1.165) is 6.07 Å². The molecule has 2 aliphatic rings. The number of fused-ring (bicyclic) bond motifs is 2. The van der Waals surface area contributed by atoms with Gasteiger partial charge in [0.15, 0.2) is 15.6 Å². The quantitative estimate of drug-likeness (QED) is 0.782. The van der Waals surface area contributed by atoms with Crippen LogP contribution in [0.25, 0.3) is 0 Å². The maximum atomic E-state index is 13.9. The molecule has 0 aliphatic carbocycles.